The van der Waals surface area contributed by atoms with Crippen molar-refractivity contribution in [3.05, 3.63) is 72.2 Å². The van der Waals surface area contributed by atoms with Crippen molar-refractivity contribution < 1.29 is 42.7 Å². The molecule has 0 aliphatic carbocycles. The molecule has 2 aromatic carbocycles. The van der Waals surface area contributed by atoms with Gasteiger partial charge in [-0.15, -0.1) is 0 Å². The molecule has 0 radical (unpaired) electrons. The Bertz CT molecular complexity index is 1830. The molecule has 1 amide bonds. The topological polar surface area (TPSA) is 131 Å². The van der Waals surface area contributed by atoms with E-state index in [1.165, 1.54) is 7.11 Å². The summed E-state index contributed by atoms with van der Waals surface area (Å²) in [5.41, 5.74) is 5.28. The van der Waals surface area contributed by atoms with Crippen LogP contribution in [0.2, 0.25) is 0 Å². The standard InChI is InChI=1S/C40H48N4O9/c1-47-33-18-28(19-34(48-2)39(33)52-6)30-16-27(22-41-23-30)25-44(37(45)8-9-38(46)51-5)31-11-14-43(15-12-31)24-26-10-13-42-32(17-26)29-20-35(49-3)40(53-7)36(21-29)50-4/h10,13,16-23,31H,8-9,11-12,14-15,24-25H2,1-7H3. The van der Waals surface area contributed by atoms with Gasteiger partial charge >= 0.3 is 5.97 Å². The fraction of sp³-hybridized carbons (Fsp3) is 0.400. The summed E-state index contributed by atoms with van der Waals surface area (Å²) in [6.07, 6.45) is 6.97. The summed E-state index contributed by atoms with van der Waals surface area (Å²) in [7, 11) is 10.8. The van der Waals surface area contributed by atoms with Crippen LogP contribution in [0.1, 0.15) is 36.8 Å². The molecule has 0 saturated carbocycles. The van der Waals surface area contributed by atoms with Gasteiger partial charge in [-0.05, 0) is 72.0 Å². The maximum Gasteiger partial charge on any atom is 0.306 e. The van der Waals surface area contributed by atoms with Gasteiger partial charge in [0, 0.05) is 68.4 Å². The summed E-state index contributed by atoms with van der Waals surface area (Å²) in [4.78, 5) is 39.1. The van der Waals surface area contributed by atoms with E-state index in [1.807, 2.05) is 47.5 Å². The van der Waals surface area contributed by atoms with Crippen molar-refractivity contribution >= 4 is 11.9 Å². The van der Waals surface area contributed by atoms with Crippen molar-refractivity contribution in [2.75, 3.05) is 62.9 Å². The second-order valence-electron chi connectivity index (χ2n) is 12.6. The number of amides is 1. The largest absolute Gasteiger partial charge is 0.493 e. The van der Waals surface area contributed by atoms with Gasteiger partial charge in [0.1, 0.15) is 0 Å². The highest BCUT2D eigenvalue weighted by atomic mass is 16.5. The monoisotopic (exact) mass is 728 g/mol. The number of methoxy groups -OCH3 is 7. The van der Waals surface area contributed by atoms with E-state index in [-0.39, 0.29) is 24.8 Å². The molecule has 0 atom stereocenters. The zero-order valence-corrected chi connectivity index (χ0v) is 31.5. The molecule has 13 heteroatoms. The first-order valence-corrected chi connectivity index (χ1v) is 17.3. The Hall–Kier alpha value is -5.56. The van der Waals surface area contributed by atoms with Crippen molar-refractivity contribution in [3.63, 3.8) is 0 Å². The van der Waals surface area contributed by atoms with Gasteiger partial charge in [0.05, 0.1) is 61.9 Å². The quantitative estimate of drug-likeness (QED) is 0.129. The highest BCUT2D eigenvalue weighted by Crippen LogP contribution is 2.42. The van der Waals surface area contributed by atoms with Gasteiger partial charge in [0.15, 0.2) is 23.0 Å². The Labute approximate surface area is 310 Å². The third-order valence-electron chi connectivity index (χ3n) is 9.43. The summed E-state index contributed by atoms with van der Waals surface area (Å²) in [6, 6.07) is 13.6. The van der Waals surface area contributed by atoms with Gasteiger partial charge in [-0.2, -0.15) is 0 Å². The summed E-state index contributed by atoms with van der Waals surface area (Å²) >= 11 is 0. The first kappa shape index (κ1) is 38.7. The predicted molar refractivity (Wildman–Crippen MR) is 199 cm³/mol. The van der Waals surface area contributed by atoms with Crippen LogP contribution in [-0.4, -0.2) is 101 Å². The van der Waals surface area contributed by atoms with Crippen molar-refractivity contribution in [3.8, 4) is 56.9 Å². The van der Waals surface area contributed by atoms with Crippen LogP contribution in [0.3, 0.4) is 0 Å². The minimum Gasteiger partial charge on any atom is -0.493 e. The SMILES string of the molecule is COC(=O)CCC(=O)N(Cc1cncc(-c2cc(OC)c(OC)c(OC)c2)c1)C1CCN(Cc2ccnc(-c3cc(OC)c(OC)c(OC)c3)c2)CC1. The molecule has 53 heavy (non-hydrogen) atoms. The Kier molecular flexibility index (Phi) is 13.3. The van der Waals surface area contributed by atoms with Crippen LogP contribution in [0, 0.1) is 0 Å². The Morgan fingerprint density at radius 2 is 1.28 bits per heavy atom. The molecule has 3 heterocycles. The number of likely N-dealkylation sites (tertiary alicyclic amines) is 1. The van der Waals surface area contributed by atoms with Gasteiger partial charge in [0.25, 0.3) is 0 Å². The lowest BCUT2D eigenvalue weighted by Gasteiger charge is -2.39. The molecule has 0 bridgehead atoms. The summed E-state index contributed by atoms with van der Waals surface area (Å²) in [6.45, 7) is 2.65. The van der Waals surface area contributed by atoms with Crippen molar-refractivity contribution in [1.29, 1.82) is 0 Å². The molecule has 1 saturated heterocycles. The van der Waals surface area contributed by atoms with Crippen LogP contribution < -0.4 is 28.4 Å². The van der Waals surface area contributed by atoms with E-state index in [0.29, 0.717) is 41.0 Å². The fourth-order valence-electron chi connectivity index (χ4n) is 6.66. The van der Waals surface area contributed by atoms with Gasteiger partial charge in [-0.1, -0.05) is 0 Å². The second kappa shape index (κ2) is 18.3. The second-order valence-corrected chi connectivity index (χ2v) is 12.6. The summed E-state index contributed by atoms with van der Waals surface area (Å²) in [5.74, 6) is 2.69. The molecule has 13 nitrogen and oxygen atoms in total. The first-order chi connectivity index (χ1) is 25.7. The summed E-state index contributed by atoms with van der Waals surface area (Å²) < 4.78 is 38.0. The maximum absolute atomic E-state index is 13.7. The molecule has 0 unspecified atom stereocenters. The van der Waals surface area contributed by atoms with Gasteiger partial charge in [0.2, 0.25) is 17.4 Å². The number of ether oxygens (including phenoxy) is 7. The molecule has 0 N–H and O–H groups in total. The average molecular weight is 729 g/mol. The third-order valence-corrected chi connectivity index (χ3v) is 9.43. The molecule has 0 spiro atoms. The Morgan fingerprint density at radius 3 is 1.83 bits per heavy atom. The van der Waals surface area contributed by atoms with E-state index in [4.69, 9.17) is 33.2 Å². The number of aromatic nitrogens is 2. The highest BCUT2D eigenvalue weighted by Gasteiger charge is 2.29. The lowest BCUT2D eigenvalue weighted by molar-refractivity contribution is -0.144. The Morgan fingerprint density at radius 1 is 0.698 bits per heavy atom. The van der Waals surface area contributed by atoms with Crippen molar-refractivity contribution in [1.82, 2.24) is 19.8 Å². The predicted octanol–water partition coefficient (Wildman–Crippen LogP) is 5.81. The zero-order chi connectivity index (χ0) is 37.9. The van der Waals surface area contributed by atoms with E-state index < -0.39 is 5.97 Å². The molecule has 4 aromatic rings. The molecular weight excluding hydrogens is 680 g/mol. The maximum atomic E-state index is 13.7. The van der Waals surface area contributed by atoms with Crippen LogP contribution in [0.4, 0.5) is 0 Å². The minimum absolute atomic E-state index is 0.0186. The lowest BCUT2D eigenvalue weighted by Crippen LogP contribution is -2.47. The van der Waals surface area contributed by atoms with E-state index >= 15 is 0 Å². The van der Waals surface area contributed by atoms with Crippen LogP contribution in [0.15, 0.2) is 61.1 Å². The molecule has 1 fully saturated rings. The number of piperidine rings is 1. The molecule has 2 aromatic heterocycles. The number of hydrogen-bond donors (Lipinski definition) is 0. The van der Waals surface area contributed by atoms with Crippen LogP contribution in [0.5, 0.6) is 34.5 Å². The van der Waals surface area contributed by atoms with Crippen molar-refractivity contribution in [2.45, 2.75) is 44.8 Å². The molecular formula is C40H48N4O9. The number of carbonyl (C=O) groups excluding carboxylic acids is 2. The fourth-order valence-corrected chi connectivity index (χ4v) is 6.66. The van der Waals surface area contributed by atoms with E-state index in [2.05, 4.69) is 20.9 Å². The normalized spacial score (nSPS) is 13.2. The van der Waals surface area contributed by atoms with Crippen LogP contribution in [0.25, 0.3) is 22.4 Å². The lowest BCUT2D eigenvalue weighted by atomic mass is 10.00. The number of carbonyl (C=O) groups is 2. The molecule has 5 rings (SSSR count). The van der Waals surface area contributed by atoms with Crippen LogP contribution in [-0.2, 0) is 27.4 Å². The Balaban J connectivity index is 1.32. The van der Waals surface area contributed by atoms with Crippen LogP contribution >= 0.6 is 0 Å². The minimum atomic E-state index is -0.414. The summed E-state index contributed by atoms with van der Waals surface area (Å²) in [5, 5.41) is 0. The van der Waals surface area contributed by atoms with E-state index in [9.17, 15) is 9.59 Å². The number of nitrogens with zero attached hydrogens (tertiary/aromatic N) is 4. The smallest absolute Gasteiger partial charge is 0.306 e. The number of rotatable bonds is 16. The molecule has 282 valence electrons. The molecule has 1 aliphatic rings. The zero-order valence-electron chi connectivity index (χ0n) is 31.5. The average Bonchev–Trinajstić information content (AvgIpc) is 3.21. The van der Waals surface area contributed by atoms with Gasteiger partial charge < -0.3 is 38.1 Å². The third kappa shape index (κ3) is 9.28. The number of esters is 1. The number of hydrogen-bond acceptors (Lipinski definition) is 12. The highest BCUT2D eigenvalue weighted by molar-refractivity contribution is 5.81. The number of pyridine rings is 2. The molecule has 1 aliphatic heterocycles. The van der Waals surface area contributed by atoms with Gasteiger partial charge in [-0.3, -0.25) is 24.5 Å². The van der Waals surface area contributed by atoms with E-state index in [0.717, 1.165) is 66.0 Å². The first-order valence-electron chi connectivity index (χ1n) is 17.3. The van der Waals surface area contributed by atoms with Crippen molar-refractivity contribution in [2.24, 2.45) is 0 Å². The van der Waals surface area contributed by atoms with Gasteiger partial charge in [-0.25, -0.2) is 0 Å². The number of benzene rings is 2. The van der Waals surface area contributed by atoms with E-state index in [1.54, 1.807) is 55.1 Å².